The van der Waals surface area contributed by atoms with Crippen molar-refractivity contribution in [2.45, 2.75) is 25.4 Å². The molecule has 1 unspecified atom stereocenters. The van der Waals surface area contributed by atoms with Crippen LogP contribution in [-0.2, 0) is 9.53 Å². The molecule has 2 atom stereocenters. The number of ether oxygens (including phenoxy) is 1. The van der Waals surface area contributed by atoms with Crippen LogP contribution >= 0.6 is 0 Å². The molecule has 0 spiro atoms. The predicted octanol–water partition coefficient (Wildman–Crippen LogP) is -0.158. The van der Waals surface area contributed by atoms with Gasteiger partial charge >= 0.3 is 0 Å². The molecule has 0 radical (unpaired) electrons. The second-order valence-electron chi connectivity index (χ2n) is 3.68. The maximum absolute atomic E-state index is 11.5. The molecule has 0 aromatic heterocycles. The second-order valence-corrected chi connectivity index (χ2v) is 3.68. The van der Waals surface area contributed by atoms with Crippen molar-refractivity contribution in [3.8, 4) is 0 Å². The largest absolute Gasteiger partial charge is 0.380 e. The van der Waals surface area contributed by atoms with Crippen molar-refractivity contribution >= 4 is 5.91 Å². The van der Waals surface area contributed by atoms with Gasteiger partial charge in [0, 0.05) is 26.7 Å². The molecule has 0 saturated carbocycles. The Labute approximate surface area is 79.2 Å². The first-order valence-corrected chi connectivity index (χ1v) is 4.66. The van der Waals surface area contributed by atoms with E-state index in [1.165, 1.54) is 0 Å². The monoisotopic (exact) mass is 186 g/mol. The molecule has 0 aromatic rings. The van der Waals surface area contributed by atoms with Crippen LogP contribution in [0.15, 0.2) is 0 Å². The minimum Gasteiger partial charge on any atom is -0.380 e. The summed E-state index contributed by atoms with van der Waals surface area (Å²) < 4.78 is 5.21. The zero-order valence-electron chi connectivity index (χ0n) is 8.54. The molecule has 1 saturated heterocycles. The molecule has 4 nitrogen and oxygen atoms in total. The van der Waals surface area contributed by atoms with Crippen LogP contribution in [0.4, 0.5) is 0 Å². The zero-order valence-corrected chi connectivity index (χ0v) is 8.54. The third kappa shape index (κ3) is 2.97. The molecular weight excluding hydrogens is 168 g/mol. The average molecular weight is 186 g/mol. The first-order chi connectivity index (χ1) is 6.11. The number of hydrogen-bond donors (Lipinski definition) is 1. The highest BCUT2D eigenvalue weighted by atomic mass is 16.5. The van der Waals surface area contributed by atoms with Gasteiger partial charge in [0.25, 0.3) is 0 Å². The number of likely N-dealkylation sites (N-methyl/N-ethyl adjacent to an activating group) is 1. The van der Waals surface area contributed by atoms with Crippen LogP contribution in [0.5, 0.6) is 0 Å². The highest BCUT2D eigenvalue weighted by molar-refractivity contribution is 5.80. The fourth-order valence-corrected chi connectivity index (χ4v) is 1.48. The summed E-state index contributed by atoms with van der Waals surface area (Å²) in [5.41, 5.74) is 0. The van der Waals surface area contributed by atoms with Crippen molar-refractivity contribution in [3.05, 3.63) is 0 Å². The van der Waals surface area contributed by atoms with Gasteiger partial charge in [-0.15, -0.1) is 0 Å². The van der Waals surface area contributed by atoms with Gasteiger partial charge in [-0.05, 0) is 13.3 Å². The van der Waals surface area contributed by atoms with E-state index < -0.39 is 0 Å². The molecule has 1 aliphatic rings. The average Bonchev–Trinajstić information content (AvgIpc) is 2.55. The summed E-state index contributed by atoms with van der Waals surface area (Å²) in [6.45, 7) is 3.42. The van der Waals surface area contributed by atoms with Crippen LogP contribution in [0, 0.1) is 0 Å². The van der Waals surface area contributed by atoms with Crippen LogP contribution in [0.3, 0.4) is 0 Å². The van der Waals surface area contributed by atoms with Gasteiger partial charge in [0.1, 0.15) is 0 Å². The van der Waals surface area contributed by atoms with Crippen LogP contribution in [-0.4, -0.2) is 50.2 Å². The lowest BCUT2D eigenvalue weighted by atomic mass is 10.2. The molecule has 1 fully saturated rings. The molecule has 13 heavy (non-hydrogen) atoms. The number of nitrogens with zero attached hydrogens (tertiary/aromatic N) is 1. The highest BCUT2D eigenvalue weighted by Crippen LogP contribution is 2.04. The lowest BCUT2D eigenvalue weighted by Gasteiger charge is -2.20. The molecule has 1 heterocycles. The van der Waals surface area contributed by atoms with Gasteiger partial charge < -0.3 is 15.0 Å². The molecule has 0 bridgehead atoms. The fraction of sp³-hybridized carbons (Fsp3) is 0.889. The Bertz CT molecular complexity index is 176. The normalized spacial score (nSPS) is 24.4. The van der Waals surface area contributed by atoms with E-state index in [9.17, 15) is 4.79 Å². The summed E-state index contributed by atoms with van der Waals surface area (Å²) in [4.78, 5) is 13.1. The Morgan fingerprint density at radius 2 is 2.31 bits per heavy atom. The first-order valence-electron chi connectivity index (χ1n) is 4.66. The molecule has 0 aliphatic carbocycles. The van der Waals surface area contributed by atoms with E-state index in [1.54, 1.807) is 19.0 Å². The quantitative estimate of drug-likeness (QED) is 0.666. The minimum atomic E-state index is -0.110. The van der Waals surface area contributed by atoms with E-state index in [-0.39, 0.29) is 11.9 Å². The second kappa shape index (κ2) is 4.58. The van der Waals surface area contributed by atoms with E-state index >= 15 is 0 Å². The maximum Gasteiger partial charge on any atom is 0.238 e. The van der Waals surface area contributed by atoms with E-state index in [0.29, 0.717) is 6.04 Å². The van der Waals surface area contributed by atoms with Gasteiger partial charge in [-0.25, -0.2) is 0 Å². The maximum atomic E-state index is 11.5. The summed E-state index contributed by atoms with van der Waals surface area (Å²) in [6.07, 6.45) is 1.01. The Hall–Kier alpha value is -0.610. The van der Waals surface area contributed by atoms with Crippen molar-refractivity contribution in [2.24, 2.45) is 0 Å². The van der Waals surface area contributed by atoms with E-state index in [1.807, 2.05) is 6.92 Å². The van der Waals surface area contributed by atoms with Gasteiger partial charge in [-0.3, -0.25) is 4.79 Å². The zero-order chi connectivity index (χ0) is 9.84. The van der Waals surface area contributed by atoms with Crippen molar-refractivity contribution in [2.75, 3.05) is 27.3 Å². The molecular formula is C9H18N2O2. The molecule has 1 amide bonds. The number of carbonyl (C=O) groups is 1. The topological polar surface area (TPSA) is 41.6 Å². The van der Waals surface area contributed by atoms with Gasteiger partial charge in [-0.2, -0.15) is 0 Å². The van der Waals surface area contributed by atoms with E-state index in [2.05, 4.69) is 5.32 Å². The summed E-state index contributed by atoms with van der Waals surface area (Å²) in [5.74, 6) is 0.118. The number of nitrogens with one attached hydrogen (secondary N) is 1. The first kappa shape index (κ1) is 10.5. The standard InChI is InChI=1S/C9H18N2O2/c1-7(9(12)11(2)3)10-8-4-5-13-6-8/h7-8,10H,4-6H2,1-3H3/t7-,8?/m1/s1. The van der Waals surface area contributed by atoms with E-state index in [0.717, 1.165) is 19.6 Å². The Morgan fingerprint density at radius 3 is 2.77 bits per heavy atom. The van der Waals surface area contributed by atoms with Gasteiger partial charge in [0.05, 0.1) is 12.6 Å². The number of hydrogen-bond acceptors (Lipinski definition) is 3. The number of carbonyl (C=O) groups excluding carboxylic acids is 1. The van der Waals surface area contributed by atoms with Gasteiger partial charge in [0.15, 0.2) is 0 Å². The molecule has 1 N–H and O–H groups in total. The van der Waals surface area contributed by atoms with Crippen molar-refractivity contribution in [1.82, 2.24) is 10.2 Å². The fourth-order valence-electron chi connectivity index (χ4n) is 1.48. The van der Waals surface area contributed by atoms with Crippen LogP contribution in [0.25, 0.3) is 0 Å². The van der Waals surface area contributed by atoms with Crippen LogP contribution in [0.1, 0.15) is 13.3 Å². The summed E-state index contributed by atoms with van der Waals surface area (Å²) in [7, 11) is 3.54. The summed E-state index contributed by atoms with van der Waals surface area (Å²) >= 11 is 0. The number of rotatable bonds is 3. The third-order valence-corrected chi connectivity index (χ3v) is 2.23. The Kier molecular flexibility index (Phi) is 3.69. The molecule has 1 aliphatic heterocycles. The summed E-state index contributed by atoms with van der Waals surface area (Å²) in [5, 5.41) is 3.24. The van der Waals surface area contributed by atoms with Gasteiger partial charge in [-0.1, -0.05) is 0 Å². The third-order valence-electron chi connectivity index (χ3n) is 2.23. The Balaban J connectivity index is 2.31. The van der Waals surface area contributed by atoms with Crippen LogP contribution in [0.2, 0.25) is 0 Å². The smallest absolute Gasteiger partial charge is 0.238 e. The highest BCUT2D eigenvalue weighted by Gasteiger charge is 2.21. The lowest BCUT2D eigenvalue weighted by molar-refractivity contribution is -0.130. The minimum absolute atomic E-state index is 0.110. The molecule has 0 aromatic carbocycles. The van der Waals surface area contributed by atoms with Crippen molar-refractivity contribution in [1.29, 1.82) is 0 Å². The van der Waals surface area contributed by atoms with Crippen LogP contribution < -0.4 is 5.32 Å². The summed E-state index contributed by atoms with van der Waals surface area (Å²) in [6, 6.07) is 0.237. The van der Waals surface area contributed by atoms with Gasteiger partial charge in [0.2, 0.25) is 5.91 Å². The molecule has 4 heteroatoms. The van der Waals surface area contributed by atoms with E-state index in [4.69, 9.17) is 4.74 Å². The predicted molar refractivity (Wildman–Crippen MR) is 50.5 cm³/mol. The lowest BCUT2D eigenvalue weighted by Crippen LogP contribution is -2.46. The van der Waals surface area contributed by atoms with Crippen molar-refractivity contribution in [3.63, 3.8) is 0 Å². The van der Waals surface area contributed by atoms with Crippen molar-refractivity contribution < 1.29 is 9.53 Å². The SMILES string of the molecule is C[C@@H](NC1CCOC1)C(=O)N(C)C. The Morgan fingerprint density at radius 1 is 1.62 bits per heavy atom. The molecule has 1 rings (SSSR count). The number of amides is 1. The molecule has 76 valence electrons.